The van der Waals surface area contributed by atoms with Crippen LogP contribution in [0, 0.1) is 5.92 Å². The highest BCUT2D eigenvalue weighted by Gasteiger charge is 2.26. The van der Waals surface area contributed by atoms with E-state index in [1.807, 2.05) is 13.8 Å². The minimum atomic E-state index is -0.767. The third-order valence-electron chi connectivity index (χ3n) is 3.91. The van der Waals surface area contributed by atoms with Gasteiger partial charge < -0.3 is 10.1 Å². The fourth-order valence-electron chi connectivity index (χ4n) is 2.28. The molecule has 0 spiro atoms. The van der Waals surface area contributed by atoms with E-state index in [2.05, 4.69) is 15.6 Å². The van der Waals surface area contributed by atoms with Gasteiger partial charge in [-0.3, -0.25) is 9.59 Å². The van der Waals surface area contributed by atoms with Crippen molar-refractivity contribution in [2.45, 2.75) is 32.9 Å². The van der Waals surface area contributed by atoms with Crippen LogP contribution in [0.5, 0.6) is 0 Å². The van der Waals surface area contributed by atoms with Gasteiger partial charge in [0.2, 0.25) is 5.91 Å². The first-order chi connectivity index (χ1) is 11.5. The number of methoxy groups -OCH3 is 1. The molecule has 0 radical (unpaired) electrons. The van der Waals surface area contributed by atoms with Crippen molar-refractivity contribution in [2.24, 2.45) is 5.92 Å². The number of nitrogens with zero attached hydrogens (tertiary/aromatic N) is 3. The smallest absolute Gasteiger partial charge is 0.328 e. The molecular weight excluding hydrogens is 312 g/mol. The largest absolute Gasteiger partial charge is 0.467 e. The second kappa shape index (κ2) is 7.67. The number of hydrogen-bond donors (Lipinski definition) is 1. The lowest BCUT2D eigenvalue weighted by molar-refractivity contribution is -0.146. The standard InChI is InChI=1S/C16H20N4O4/c1-4-10(2)14(16(23)24-3)17-13(21)9-20-15(22)11-7-5-6-8-12(11)18-19-20/h5-8,10,14H,4,9H2,1-3H3,(H,17,21)/t10-,14-/m1/s1. The lowest BCUT2D eigenvalue weighted by Gasteiger charge is -2.21. The Bertz CT molecular complexity index is 802. The first-order valence-corrected chi connectivity index (χ1v) is 7.67. The predicted octanol–water partition coefficient (Wildman–Crippen LogP) is 0.495. The molecule has 2 rings (SSSR count). The number of hydrogen-bond acceptors (Lipinski definition) is 6. The minimum Gasteiger partial charge on any atom is -0.467 e. The van der Waals surface area contributed by atoms with Crippen LogP contribution in [0.1, 0.15) is 20.3 Å². The SMILES string of the molecule is CC[C@@H](C)[C@@H](NC(=O)Cn1nnc2ccccc2c1=O)C(=O)OC. The summed E-state index contributed by atoms with van der Waals surface area (Å²) >= 11 is 0. The summed E-state index contributed by atoms with van der Waals surface area (Å²) in [5.74, 6) is -1.12. The van der Waals surface area contributed by atoms with Crippen molar-refractivity contribution in [3.8, 4) is 0 Å². The fourth-order valence-corrected chi connectivity index (χ4v) is 2.28. The molecule has 0 aliphatic rings. The van der Waals surface area contributed by atoms with Gasteiger partial charge in [0, 0.05) is 0 Å². The van der Waals surface area contributed by atoms with Gasteiger partial charge in [-0.15, -0.1) is 5.10 Å². The van der Waals surface area contributed by atoms with E-state index in [0.29, 0.717) is 17.3 Å². The van der Waals surface area contributed by atoms with Crippen molar-refractivity contribution in [1.29, 1.82) is 0 Å². The summed E-state index contributed by atoms with van der Waals surface area (Å²) in [5, 5.41) is 10.7. The van der Waals surface area contributed by atoms with Gasteiger partial charge in [0.15, 0.2) is 0 Å². The highest BCUT2D eigenvalue weighted by molar-refractivity contribution is 5.84. The van der Waals surface area contributed by atoms with E-state index in [-0.39, 0.29) is 12.5 Å². The Kier molecular flexibility index (Phi) is 5.62. The molecule has 1 N–H and O–H groups in total. The Hall–Kier alpha value is -2.77. The Morgan fingerprint density at radius 2 is 2.04 bits per heavy atom. The lowest BCUT2D eigenvalue weighted by atomic mass is 9.99. The second-order valence-electron chi connectivity index (χ2n) is 5.52. The molecule has 1 aromatic heterocycles. The maximum atomic E-state index is 12.3. The van der Waals surface area contributed by atoms with E-state index in [1.54, 1.807) is 24.3 Å². The van der Waals surface area contributed by atoms with E-state index in [9.17, 15) is 14.4 Å². The molecule has 0 saturated carbocycles. The topological polar surface area (TPSA) is 103 Å². The van der Waals surface area contributed by atoms with Gasteiger partial charge in [-0.1, -0.05) is 37.6 Å². The van der Waals surface area contributed by atoms with Crippen LogP contribution in [-0.2, 0) is 20.9 Å². The number of benzene rings is 1. The highest BCUT2D eigenvalue weighted by atomic mass is 16.5. The average Bonchev–Trinajstić information content (AvgIpc) is 2.61. The number of rotatable bonds is 6. The number of carbonyl (C=O) groups excluding carboxylic acids is 2. The van der Waals surface area contributed by atoms with E-state index < -0.39 is 23.5 Å². The molecule has 0 unspecified atom stereocenters. The van der Waals surface area contributed by atoms with Crippen molar-refractivity contribution in [3.05, 3.63) is 34.6 Å². The van der Waals surface area contributed by atoms with Crippen LogP contribution >= 0.6 is 0 Å². The second-order valence-corrected chi connectivity index (χ2v) is 5.52. The van der Waals surface area contributed by atoms with Crippen LogP contribution in [0.3, 0.4) is 0 Å². The molecule has 1 heterocycles. The monoisotopic (exact) mass is 332 g/mol. The van der Waals surface area contributed by atoms with Gasteiger partial charge in [-0.05, 0) is 18.1 Å². The van der Waals surface area contributed by atoms with Gasteiger partial charge in [0.05, 0.1) is 12.5 Å². The molecule has 2 aromatic rings. The average molecular weight is 332 g/mol. The number of nitrogens with one attached hydrogen (secondary N) is 1. The van der Waals surface area contributed by atoms with Gasteiger partial charge in [0.25, 0.3) is 5.56 Å². The number of ether oxygens (including phenoxy) is 1. The molecule has 8 heteroatoms. The molecular formula is C16H20N4O4. The van der Waals surface area contributed by atoms with Crippen molar-refractivity contribution >= 4 is 22.8 Å². The predicted molar refractivity (Wildman–Crippen MR) is 87.2 cm³/mol. The summed E-state index contributed by atoms with van der Waals surface area (Å²) in [6, 6.07) is 5.99. The number of amides is 1. The number of carbonyl (C=O) groups is 2. The first-order valence-electron chi connectivity index (χ1n) is 7.67. The first kappa shape index (κ1) is 17.6. The van der Waals surface area contributed by atoms with Crippen molar-refractivity contribution in [2.75, 3.05) is 7.11 Å². The van der Waals surface area contributed by atoms with E-state index in [1.165, 1.54) is 7.11 Å². The molecule has 1 amide bonds. The molecule has 2 atom stereocenters. The maximum Gasteiger partial charge on any atom is 0.328 e. The summed E-state index contributed by atoms with van der Waals surface area (Å²) < 4.78 is 5.69. The van der Waals surface area contributed by atoms with Crippen LogP contribution in [0.2, 0.25) is 0 Å². The summed E-state index contributed by atoms with van der Waals surface area (Å²) in [7, 11) is 1.27. The summed E-state index contributed by atoms with van der Waals surface area (Å²) in [4.78, 5) is 36.3. The molecule has 1 aromatic carbocycles. The zero-order chi connectivity index (χ0) is 17.7. The van der Waals surface area contributed by atoms with Crippen molar-refractivity contribution in [3.63, 3.8) is 0 Å². The van der Waals surface area contributed by atoms with E-state index >= 15 is 0 Å². The Balaban J connectivity index is 2.18. The number of aromatic nitrogens is 3. The van der Waals surface area contributed by atoms with Gasteiger partial charge in [-0.25, -0.2) is 9.48 Å². The third kappa shape index (κ3) is 3.76. The van der Waals surface area contributed by atoms with Gasteiger partial charge in [0.1, 0.15) is 18.1 Å². The van der Waals surface area contributed by atoms with Crippen molar-refractivity contribution < 1.29 is 14.3 Å². The van der Waals surface area contributed by atoms with Crippen LogP contribution in [0.25, 0.3) is 10.9 Å². The zero-order valence-electron chi connectivity index (χ0n) is 13.9. The van der Waals surface area contributed by atoms with Crippen LogP contribution < -0.4 is 10.9 Å². The number of fused-ring (bicyclic) bond motifs is 1. The lowest BCUT2D eigenvalue weighted by Crippen LogP contribution is -2.47. The molecule has 24 heavy (non-hydrogen) atoms. The quantitative estimate of drug-likeness (QED) is 0.773. The van der Waals surface area contributed by atoms with E-state index in [0.717, 1.165) is 4.68 Å². The highest BCUT2D eigenvalue weighted by Crippen LogP contribution is 2.09. The summed E-state index contributed by atoms with van der Waals surface area (Å²) in [5.41, 5.74) is 0.0557. The summed E-state index contributed by atoms with van der Waals surface area (Å²) in [6.45, 7) is 3.43. The Morgan fingerprint density at radius 1 is 1.33 bits per heavy atom. The normalized spacial score (nSPS) is 13.3. The van der Waals surface area contributed by atoms with Crippen LogP contribution in [0.15, 0.2) is 29.1 Å². The summed E-state index contributed by atoms with van der Waals surface area (Å²) in [6.07, 6.45) is 0.690. The molecule has 8 nitrogen and oxygen atoms in total. The fraction of sp³-hybridized carbons (Fsp3) is 0.438. The minimum absolute atomic E-state index is 0.0965. The van der Waals surface area contributed by atoms with E-state index in [4.69, 9.17) is 4.74 Å². The molecule has 128 valence electrons. The van der Waals surface area contributed by atoms with Crippen LogP contribution in [-0.4, -0.2) is 40.0 Å². The Morgan fingerprint density at radius 3 is 2.71 bits per heavy atom. The Labute approximate surface area is 138 Å². The third-order valence-corrected chi connectivity index (χ3v) is 3.91. The molecule has 0 bridgehead atoms. The number of esters is 1. The van der Waals surface area contributed by atoms with Gasteiger partial charge in [-0.2, -0.15) is 0 Å². The molecule has 0 aliphatic carbocycles. The molecule has 0 fully saturated rings. The maximum absolute atomic E-state index is 12.3. The molecule has 0 saturated heterocycles. The zero-order valence-corrected chi connectivity index (χ0v) is 13.9. The van der Waals surface area contributed by atoms with Crippen LogP contribution in [0.4, 0.5) is 0 Å². The van der Waals surface area contributed by atoms with Crippen molar-refractivity contribution in [1.82, 2.24) is 20.3 Å². The van der Waals surface area contributed by atoms with Gasteiger partial charge >= 0.3 is 5.97 Å². The molecule has 0 aliphatic heterocycles.